The molecule has 7 heteroatoms. The van der Waals surface area contributed by atoms with Crippen molar-refractivity contribution >= 4 is 28.4 Å². The molecular formula is C19H23FN4O2. The van der Waals surface area contributed by atoms with Gasteiger partial charge < -0.3 is 20.5 Å². The molecule has 0 bridgehead atoms. The highest BCUT2D eigenvalue weighted by molar-refractivity contribution is 6.00. The zero-order valence-electron chi connectivity index (χ0n) is 15.1. The highest BCUT2D eigenvalue weighted by atomic mass is 19.1. The summed E-state index contributed by atoms with van der Waals surface area (Å²) in [6.07, 6.45) is 1.28. The molecule has 26 heavy (non-hydrogen) atoms. The van der Waals surface area contributed by atoms with E-state index in [2.05, 4.69) is 11.6 Å². The number of rotatable bonds is 4. The fraction of sp³-hybridized carbons (Fsp3) is 0.368. The first kappa shape index (κ1) is 18.0. The van der Waals surface area contributed by atoms with Crippen molar-refractivity contribution in [2.75, 3.05) is 31.1 Å². The van der Waals surface area contributed by atoms with Gasteiger partial charge in [-0.1, -0.05) is 6.58 Å². The number of nitrogens with zero attached hydrogens (tertiary/aromatic N) is 2. The van der Waals surface area contributed by atoms with Crippen molar-refractivity contribution in [2.24, 2.45) is 5.73 Å². The van der Waals surface area contributed by atoms with Gasteiger partial charge in [-0.05, 0) is 37.1 Å². The number of hydrogen-bond donors (Lipinski definition) is 2. The molecule has 0 saturated carbocycles. The largest absolute Gasteiger partial charge is 0.369 e. The molecule has 0 radical (unpaired) electrons. The van der Waals surface area contributed by atoms with Gasteiger partial charge in [0.2, 0.25) is 11.8 Å². The number of benzene rings is 1. The summed E-state index contributed by atoms with van der Waals surface area (Å²) < 4.78 is 15.0. The molecule has 0 aliphatic carbocycles. The fourth-order valence-electron chi connectivity index (χ4n) is 3.58. The molecule has 1 saturated heterocycles. The molecule has 2 heterocycles. The van der Waals surface area contributed by atoms with Crippen molar-refractivity contribution in [1.29, 1.82) is 0 Å². The Morgan fingerprint density at radius 3 is 2.54 bits per heavy atom. The third kappa shape index (κ3) is 3.05. The number of fused-ring (bicyclic) bond motifs is 1. The van der Waals surface area contributed by atoms with Crippen molar-refractivity contribution in [1.82, 2.24) is 9.88 Å². The zero-order chi connectivity index (χ0) is 19.0. The number of nitrogens with two attached hydrogens (primary N) is 1. The van der Waals surface area contributed by atoms with Crippen molar-refractivity contribution in [3.63, 3.8) is 0 Å². The summed E-state index contributed by atoms with van der Waals surface area (Å²) in [5.41, 5.74) is 9.02. The number of amides is 2. The van der Waals surface area contributed by atoms with Crippen LogP contribution in [0.5, 0.6) is 0 Å². The van der Waals surface area contributed by atoms with E-state index in [9.17, 15) is 9.59 Å². The van der Waals surface area contributed by atoms with Gasteiger partial charge >= 0.3 is 0 Å². The molecule has 1 aromatic heterocycles. The van der Waals surface area contributed by atoms with Gasteiger partial charge in [-0.25, -0.2) is 4.39 Å². The molecule has 1 aliphatic rings. The van der Waals surface area contributed by atoms with E-state index in [1.165, 1.54) is 12.1 Å². The van der Waals surface area contributed by atoms with Gasteiger partial charge in [0.1, 0.15) is 5.82 Å². The number of primary amides is 1. The lowest BCUT2D eigenvalue weighted by Gasteiger charge is -2.36. The monoisotopic (exact) mass is 358 g/mol. The van der Waals surface area contributed by atoms with Crippen molar-refractivity contribution < 1.29 is 14.0 Å². The van der Waals surface area contributed by atoms with Crippen molar-refractivity contribution in [3.05, 3.63) is 41.4 Å². The average Bonchev–Trinajstić information content (AvgIpc) is 2.90. The molecule has 1 aromatic carbocycles. The van der Waals surface area contributed by atoms with Gasteiger partial charge in [0.25, 0.3) is 0 Å². The van der Waals surface area contributed by atoms with E-state index >= 15 is 4.39 Å². The number of aromatic nitrogens is 1. The highest BCUT2D eigenvalue weighted by Crippen LogP contribution is 2.36. The summed E-state index contributed by atoms with van der Waals surface area (Å²) in [4.78, 5) is 30.0. The quantitative estimate of drug-likeness (QED) is 0.818. The first-order chi connectivity index (χ1) is 12.3. The van der Waals surface area contributed by atoms with E-state index in [0.29, 0.717) is 37.4 Å². The number of anilines is 1. The SMILES string of the molecule is C=CC(=O)N1CCN(c2c(F)cc(CC(N)=O)c3[nH]c(C)c(C)c23)CC1. The standard InChI is InChI=1S/C19H23FN4O2/c1-4-16(26)23-5-7-24(8-6-23)19-14(20)9-13(10-15(21)25)18-17(19)11(2)12(3)22-18/h4,9,22H,1,5-8,10H2,2-3H3,(H2,21,25). The summed E-state index contributed by atoms with van der Waals surface area (Å²) in [5, 5.41) is 0.780. The Hall–Kier alpha value is -2.83. The Balaban J connectivity index is 2.04. The van der Waals surface area contributed by atoms with Crippen LogP contribution in [0.2, 0.25) is 0 Å². The normalized spacial score (nSPS) is 14.7. The molecule has 2 amide bonds. The second-order valence-corrected chi connectivity index (χ2v) is 6.65. The van der Waals surface area contributed by atoms with Crippen LogP contribution in [0.1, 0.15) is 16.8 Å². The Morgan fingerprint density at radius 2 is 1.96 bits per heavy atom. The highest BCUT2D eigenvalue weighted by Gasteiger charge is 2.26. The summed E-state index contributed by atoms with van der Waals surface area (Å²) >= 11 is 0. The van der Waals surface area contributed by atoms with Gasteiger partial charge in [0.15, 0.2) is 0 Å². The topological polar surface area (TPSA) is 82.4 Å². The van der Waals surface area contributed by atoms with E-state index in [4.69, 9.17) is 5.73 Å². The molecule has 138 valence electrons. The van der Waals surface area contributed by atoms with Gasteiger partial charge in [-0.2, -0.15) is 0 Å². The number of aryl methyl sites for hydroxylation is 2. The van der Waals surface area contributed by atoms with Crippen LogP contribution < -0.4 is 10.6 Å². The van der Waals surface area contributed by atoms with Gasteiger partial charge in [0.05, 0.1) is 17.6 Å². The maximum absolute atomic E-state index is 15.0. The lowest BCUT2D eigenvalue weighted by molar-refractivity contribution is -0.126. The number of carbonyl (C=O) groups is 2. The average molecular weight is 358 g/mol. The number of hydrogen-bond acceptors (Lipinski definition) is 3. The van der Waals surface area contributed by atoms with E-state index in [0.717, 1.165) is 22.2 Å². The van der Waals surface area contributed by atoms with E-state index in [1.807, 2.05) is 18.7 Å². The van der Waals surface area contributed by atoms with Gasteiger partial charge in [-0.3, -0.25) is 9.59 Å². The summed E-state index contributed by atoms with van der Waals surface area (Å²) in [6.45, 7) is 9.45. The van der Waals surface area contributed by atoms with Gasteiger partial charge in [-0.15, -0.1) is 0 Å². The van der Waals surface area contributed by atoms with Crippen molar-refractivity contribution in [2.45, 2.75) is 20.3 Å². The number of halogens is 1. The molecule has 0 unspecified atom stereocenters. The molecular weight excluding hydrogens is 335 g/mol. The maximum Gasteiger partial charge on any atom is 0.246 e. The van der Waals surface area contributed by atoms with Crippen LogP contribution >= 0.6 is 0 Å². The minimum Gasteiger partial charge on any atom is -0.369 e. The second-order valence-electron chi connectivity index (χ2n) is 6.65. The molecule has 1 fully saturated rings. The minimum absolute atomic E-state index is 0.0191. The smallest absolute Gasteiger partial charge is 0.246 e. The zero-order valence-corrected chi connectivity index (χ0v) is 15.1. The third-order valence-electron chi connectivity index (χ3n) is 5.03. The van der Waals surface area contributed by atoms with E-state index in [-0.39, 0.29) is 18.1 Å². The predicted octanol–water partition coefficient (Wildman–Crippen LogP) is 1.79. The molecule has 1 aliphatic heterocycles. The molecule has 6 nitrogen and oxygen atoms in total. The first-order valence-corrected chi connectivity index (χ1v) is 8.58. The molecule has 3 rings (SSSR count). The summed E-state index contributed by atoms with van der Waals surface area (Å²) in [7, 11) is 0. The number of piperazine rings is 1. The maximum atomic E-state index is 15.0. The Morgan fingerprint density at radius 1 is 1.31 bits per heavy atom. The van der Waals surface area contributed by atoms with Crippen LogP contribution in [-0.2, 0) is 16.0 Å². The second kappa shape index (κ2) is 6.82. The number of nitrogens with one attached hydrogen (secondary N) is 1. The van der Waals surface area contributed by atoms with Crippen LogP contribution in [0.25, 0.3) is 10.9 Å². The van der Waals surface area contributed by atoms with Crippen LogP contribution in [0.15, 0.2) is 18.7 Å². The lowest BCUT2D eigenvalue weighted by atomic mass is 10.0. The summed E-state index contributed by atoms with van der Waals surface area (Å²) in [6, 6.07) is 1.39. The fourth-order valence-corrected chi connectivity index (χ4v) is 3.58. The number of aromatic amines is 1. The predicted molar refractivity (Wildman–Crippen MR) is 99.6 cm³/mol. The first-order valence-electron chi connectivity index (χ1n) is 8.58. The van der Waals surface area contributed by atoms with Crippen LogP contribution in [0.4, 0.5) is 10.1 Å². The number of carbonyl (C=O) groups excluding carboxylic acids is 2. The van der Waals surface area contributed by atoms with Crippen LogP contribution in [0.3, 0.4) is 0 Å². The molecule has 2 aromatic rings. The molecule has 0 atom stereocenters. The molecule has 3 N–H and O–H groups in total. The van der Waals surface area contributed by atoms with Gasteiger partial charge in [0, 0.05) is 37.3 Å². The minimum atomic E-state index is -0.500. The van der Waals surface area contributed by atoms with Crippen LogP contribution in [0, 0.1) is 19.7 Å². The summed E-state index contributed by atoms with van der Waals surface area (Å²) in [5.74, 6) is -0.986. The van der Waals surface area contributed by atoms with Crippen LogP contribution in [-0.4, -0.2) is 47.9 Å². The Labute approximate surface area is 151 Å². The third-order valence-corrected chi connectivity index (χ3v) is 5.03. The van der Waals surface area contributed by atoms with Crippen molar-refractivity contribution in [3.8, 4) is 0 Å². The Bertz CT molecular complexity index is 895. The van der Waals surface area contributed by atoms with E-state index in [1.54, 1.807) is 4.90 Å². The Kier molecular flexibility index (Phi) is 4.71. The molecule has 0 spiro atoms. The number of H-pyrrole nitrogens is 1. The van der Waals surface area contributed by atoms with E-state index < -0.39 is 5.91 Å². The lowest BCUT2D eigenvalue weighted by Crippen LogP contribution is -2.48.